The SMILES string of the molecule is CC1(C)C(/C=C/C=C2/N(CCCS(=O)(=O)O)c3ccc(S(=O)(=O)O)cc3C2(C)CCCCCC(=O)CC(CS(=O)(=O)O)C(=O)O)=[N+](CCCS(=O)(=O)[O-])c2ccccc21.O=S(=O)=O. The number of unbranched alkanes of at least 4 members (excludes halogenated alkanes) is 2. The third kappa shape index (κ3) is 15.5. The molecule has 2 aliphatic heterocycles. The zero-order chi connectivity index (χ0) is 47.8. The van der Waals surface area contributed by atoms with E-state index < -0.39 is 103 Å². The number of carbonyl (C=O) groups excluding carboxylic acids is 1. The van der Waals surface area contributed by atoms with Crippen LogP contribution in [-0.4, -0.2) is 122 Å². The van der Waals surface area contributed by atoms with Crippen LogP contribution in [0.1, 0.15) is 83.3 Å². The highest BCUT2D eigenvalue weighted by molar-refractivity contribution is 7.86. The number of hydrogen-bond donors (Lipinski definition) is 4. The van der Waals surface area contributed by atoms with E-state index in [-0.39, 0.29) is 37.2 Å². The minimum Gasteiger partial charge on any atom is -0.748 e. The van der Waals surface area contributed by atoms with Gasteiger partial charge in [-0.3, -0.25) is 23.2 Å². The Morgan fingerprint density at radius 3 is 2.05 bits per heavy atom. The Balaban J connectivity index is 0.00000253. The van der Waals surface area contributed by atoms with Crippen LogP contribution in [0.4, 0.5) is 11.4 Å². The molecule has 63 heavy (non-hydrogen) atoms. The first kappa shape index (κ1) is 53.1. The van der Waals surface area contributed by atoms with Gasteiger partial charge in [0.25, 0.3) is 30.4 Å². The number of carboxylic acids is 1. The van der Waals surface area contributed by atoms with Crippen LogP contribution >= 0.6 is 0 Å². The second-order valence-corrected chi connectivity index (χ2v) is 22.2. The standard InChI is InChI=1S/C38H50N2O15S4.O3S/c1-37(2)30-13-6-7-14-32(30)39(20-10-22-56(44,45)46)34(37)15-9-16-35-38(3,19-8-4-5-12-28(41)24-27(36(42)43)26-58(50,51)52)31-25-29(59(53,54)55)17-18-33(31)40(35)21-11-23-57(47,48)49;1-4(2)3/h6-7,9,13-18,25,27H,4-5,8,10-12,19-24,26H2,1-3H3,(H4-,42,43,44,45,46,47,48,49,50,51,52,53,54,55);. The molecule has 0 radical (unpaired) electrons. The number of para-hydroxylation sites is 1. The van der Waals surface area contributed by atoms with E-state index >= 15 is 0 Å². The summed E-state index contributed by atoms with van der Waals surface area (Å²) in [5.41, 5.74) is 2.65. The van der Waals surface area contributed by atoms with Crippen LogP contribution < -0.4 is 4.90 Å². The fourth-order valence-corrected chi connectivity index (χ4v) is 10.2. The van der Waals surface area contributed by atoms with Gasteiger partial charge in [0.1, 0.15) is 12.3 Å². The number of anilines is 1. The van der Waals surface area contributed by atoms with Gasteiger partial charge in [-0.1, -0.05) is 37.1 Å². The highest BCUT2D eigenvalue weighted by atomic mass is 32.2. The molecule has 0 fully saturated rings. The predicted molar refractivity (Wildman–Crippen MR) is 228 cm³/mol. The molecule has 2 atom stereocenters. The summed E-state index contributed by atoms with van der Waals surface area (Å²) in [4.78, 5) is 25.5. The highest BCUT2D eigenvalue weighted by Gasteiger charge is 2.45. The number of aliphatic carboxylic acids is 1. The predicted octanol–water partition coefficient (Wildman–Crippen LogP) is 3.23. The topological polar surface area (TPSA) is 332 Å². The molecule has 2 aromatic carbocycles. The van der Waals surface area contributed by atoms with Gasteiger partial charge in [-0.05, 0) is 69.9 Å². The molecule has 0 amide bonds. The lowest BCUT2D eigenvalue weighted by molar-refractivity contribution is -0.437. The van der Waals surface area contributed by atoms with Crippen molar-refractivity contribution in [2.45, 2.75) is 87.9 Å². The number of nitrogens with zero attached hydrogens (tertiary/aromatic N) is 2. The Morgan fingerprint density at radius 2 is 1.48 bits per heavy atom. The van der Waals surface area contributed by atoms with E-state index in [0.29, 0.717) is 42.6 Å². The van der Waals surface area contributed by atoms with E-state index in [4.69, 9.17) is 17.2 Å². The quantitative estimate of drug-likeness (QED) is 0.0747. The summed E-state index contributed by atoms with van der Waals surface area (Å²) in [7, 11) is -21.2. The van der Waals surface area contributed by atoms with Crippen molar-refractivity contribution in [2.75, 3.05) is 35.2 Å². The maximum absolute atomic E-state index is 12.6. The maximum Gasteiger partial charge on any atom is 0.425 e. The van der Waals surface area contributed by atoms with E-state index in [1.165, 1.54) is 18.2 Å². The number of benzene rings is 2. The highest BCUT2D eigenvalue weighted by Crippen LogP contribution is 2.51. The Kier molecular flexibility index (Phi) is 17.9. The molecule has 0 saturated carbocycles. The van der Waals surface area contributed by atoms with Crippen LogP contribution in [0.15, 0.2) is 71.3 Å². The van der Waals surface area contributed by atoms with Crippen molar-refractivity contribution in [3.8, 4) is 0 Å². The number of carboxylic acid groups (broad SMARTS) is 1. The summed E-state index contributed by atoms with van der Waals surface area (Å²) >= 11 is 0. The van der Waals surface area contributed by atoms with Crippen LogP contribution in [0.3, 0.4) is 0 Å². The lowest BCUT2D eigenvalue weighted by atomic mass is 9.77. The second kappa shape index (κ2) is 21.2. The molecule has 0 aromatic heterocycles. The van der Waals surface area contributed by atoms with E-state index in [1.807, 2.05) is 55.7 Å². The van der Waals surface area contributed by atoms with Gasteiger partial charge in [-0.15, -0.1) is 12.6 Å². The molecular weight excluding hydrogens is 933 g/mol. The number of fused-ring (bicyclic) bond motifs is 2. The molecule has 0 bridgehead atoms. The van der Waals surface area contributed by atoms with Gasteiger partial charge in [-0.25, -0.2) is 8.42 Å². The minimum atomic E-state index is -4.67. The fraction of sp³-hybridized carbons (Fsp3) is 0.500. The van der Waals surface area contributed by atoms with Crippen molar-refractivity contribution >= 4 is 79.9 Å². The molecule has 4 rings (SSSR count). The number of allylic oxidation sites excluding steroid dienone is 4. The average molecular weight is 983 g/mol. The van der Waals surface area contributed by atoms with E-state index in [1.54, 1.807) is 17.1 Å². The van der Waals surface area contributed by atoms with Crippen LogP contribution in [-0.2, 0) is 71.5 Å². The van der Waals surface area contributed by atoms with Gasteiger partial charge in [0.2, 0.25) is 5.69 Å². The lowest BCUT2D eigenvalue weighted by Crippen LogP contribution is -2.30. The van der Waals surface area contributed by atoms with Crippen molar-refractivity contribution in [2.24, 2.45) is 5.92 Å². The Hall–Kier alpha value is -4.21. The first-order valence-electron chi connectivity index (χ1n) is 19.3. The summed E-state index contributed by atoms with van der Waals surface area (Å²) in [5, 5.41) is 9.33. The third-order valence-corrected chi connectivity index (χ3v) is 14.0. The van der Waals surface area contributed by atoms with E-state index in [9.17, 15) is 62.0 Å². The smallest absolute Gasteiger partial charge is 0.425 e. The molecule has 4 N–H and O–H groups in total. The molecule has 25 heteroatoms. The number of carbonyl (C=O) groups is 2. The van der Waals surface area contributed by atoms with Crippen molar-refractivity contribution in [3.05, 3.63) is 77.5 Å². The molecule has 2 aromatic rings. The first-order chi connectivity index (χ1) is 28.9. The molecule has 350 valence electrons. The summed E-state index contributed by atoms with van der Waals surface area (Å²) in [6.45, 7) is 6.13. The summed E-state index contributed by atoms with van der Waals surface area (Å²) < 4.78 is 161. The van der Waals surface area contributed by atoms with Gasteiger partial charge in [0.05, 0.1) is 37.9 Å². The van der Waals surface area contributed by atoms with Crippen LogP contribution in [0, 0.1) is 5.92 Å². The summed E-state index contributed by atoms with van der Waals surface area (Å²) in [5.74, 6) is -5.89. The Morgan fingerprint density at radius 1 is 0.841 bits per heavy atom. The van der Waals surface area contributed by atoms with Gasteiger partial charge in [0, 0.05) is 66.1 Å². The molecule has 20 nitrogen and oxygen atoms in total. The van der Waals surface area contributed by atoms with Crippen LogP contribution in [0.2, 0.25) is 0 Å². The van der Waals surface area contributed by atoms with Gasteiger partial charge < -0.3 is 14.6 Å². The number of hydrogen-bond acceptors (Lipinski definition) is 15. The van der Waals surface area contributed by atoms with E-state index in [0.717, 1.165) is 17.0 Å². The third-order valence-electron chi connectivity index (χ3n) is 10.7. The van der Waals surface area contributed by atoms with Gasteiger partial charge in [-0.2, -0.15) is 29.8 Å². The normalized spacial score (nSPS) is 18.5. The minimum absolute atomic E-state index is 0.0252. The fourth-order valence-electron chi connectivity index (χ4n) is 7.94. The van der Waals surface area contributed by atoms with Crippen molar-refractivity contribution in [1.82, 2.24) is 0 Å². The Bertz CT molecular complexity index is 2720. The molecule has 0 aliphatic carbocycles. The molecule has 2 aliphatic rings. The van der Waals surface area contributed by atoms with Crippen LogP contribution in [0.5, 0.6) is 0 Å². The second-order valence-electron chi connectivity index (χ2n) is 15.8. The van der Waals surface area contributed by atoms with Crippen molar-refractivity contribution in [3.63, 3.8) is 0 Å². The maximum atomic E-state index is 12.6. The zero-order valence-corrected chi connectivity index (χ0v) is 38.6. The summed E-state index contributed by atoms with van der Waals surface area (Å²) in [6, 6.07) is 11.6. The number of rotatable bonds is 22. The monoisotopic (exact) mass is 982 g/mol. The summed E-state index contributed by atoms with van der Waals surface area (Å²) in [6.07, 6.45) is 6.27. The molecule has 2 unspecified atom stereocenters. The van der Waals surface area contributed by atoms with Crippen LogP contribution in [0.25, 0.3) is 0 Å². The Labute approximate surface area is 368 Å². The van der Waals surface area contributed by atoms with E-state index in [2.05, 4.69) is 0 Å². The first-order valence-corrected chi connectivity index (χ1v) is 26.5. The average Bonchev–Trinajstić information content (AvgIpc) is 3.48. The van der Waals surface area contributed by atoms with Gasteiger partial charge >= 0.3 is 16.6 Å². The zero-order valence-electron chi connectivity index (χ0n) is 34.5. The molecular formula is C38H50N2O18S5. The van der Waals surface area contributed by atoms with Crippen molar-refractivity contribution in [1.29, 1.82) is 0 Å². The molecule has 0 saturated heterocycles. The molecule has 2 heterocycles. The molecule has 0 spiro atoms. The van der Waals surface area contributed by atoms with Crippen molar-refractivity contribution < 1.29 is 83.8 Å². The van der Waals surface area contributed by atoms with Gasteiger partial charge in [0.15, 0.2) is 5.71 Å². The largest absolute Gasteiger partial charge is 0.748 e. The number of Topliss-reactive ketones (excluding diaryl/α,β-unsaturated/α-hetero) is 1. The lowest BCUT2D eigenvalue weighted by Gasteiger charge is -2.30. The number of ketones is 1.